The molecule has 4 heterocycles. The van der Waals surface area contributed by atoms with Crippen molar-refractivity contribution in [3.05, 3.63) is 70.5 Å². The number of likely N-dealkylation sites (tertiary alicyclic amines) is 1. The fraction of sp³-hybridized carbons (Fsp3) is 0.676. The second-order valence-corrected chi connectivity index (χ2v) is 29.6. The Morgan fingerprint density at radius 2 is 1.24 bits per heavy atom. The van der Waals surface area contributed by atoms with Gasteiger partial charge in [-0.25, -0.2) is 4.39 Å². The van der Waals surface area contributed by atoms with Gasteiger partial charge in [0.15, 0.2) is 0 Å². The summed E-state index contributed by atoms with van der Waals surface area (Å²) in [7, 11) is 8.42. The van der Waals surface area contributed by atoms with Crippen molar-refractivity contribution >= 4 is 70.9 Å². The van der Waals surface area contributed by atoms with E-state index >= 15 is 33.2 Å². The fourth-order valence-electron chi connectivity index (χ4n) is 14.8. The Kier molecular flexibility index (Phi) is 27.7. The van der Waals surface area contributed by atoms with E-state index in [1.165, 1.54) is 83.5 Å². The van der Waals surface area contributed by atoms with Crippen LogP contribution in [0, 0.1) is 30.5 Å². The molecule has 4 saturated heterocycles. The molecular weight excluding hydrogens is 1320 g/mol. The van der Waals surface area contributed by atoms with Crippen molar-refractivity contribution in [3.8, 4) is 0 Å². The Balaban J connectivity index is 1.30. The van der Waals surface area contributed by atoms with Crippen LogP contribution in [0.5, 0.6) is 0 Å². The first-order valence-electron chi connectivity index (χ1n) is 36.3. The second kappa shape index (κ2) is 34.9. The minimum Gasteiger partial charge on any atom is -0.343 e. The zero-order valence-electron chi connectivity index (χ0n) is 62.0. The number of carbonyl (C=O) groups excluding carboxylic acids is 12. The smallest absolute Gasteiger partial charge is 0.343 e. The van der Waals surface area contributed by atoms with Crippen LogP contribution >= 0.6 is 0 Å². The molecular formula is C74H108F4N12O12. The third kappa shape index (κ3) is 18.8. The standard InChI is InChI=1S/C74H108F4N12O12/c1-15-46(6)61-70(100)83(10)48(8)65(95)90-38-32-55(90)68(98)85(12)57(41-50-26-24-45(5)25-27-50)67(97)82(9)43-59(91)79-53(31-29-49-28-30-51(52(75)40-49)74(76,77)78)66(96)89-37-22-23-54(89)64(94)81-73(33-18-19-34-73)72(102)87(14)62(47(7)16-2)71(101)86(13)58(69(99)88-35-20-17-21-36-88)42-60(92)84(11)56(39-44(3)4)63(93)80-61/h24-28,30,40,44,46-48,53-58,61-62H,15-23,29,31-39,41-43H2,1-14H3,(H,79,91)(H,80,93)(H,81,94)/t46?,47-,48-,53-,54-,55-,56-,57-,58-,61-,62-/m0/s1. The Bertz CT molecular complexity index is 3400. The van der Waals surface area contributed by atoms with Crippen LogP contribution in [0.4, 0.5) is 17.6 Å². The number of aryl methyl sites for hydroxylation is 2. The number of carbonyl (C=O) groups is 12. The van der Waals surface area contributed by atoms with Crippen molar-refractivity contribution in [2.75, 3.05) is 75.0 Å². The highest BCUT2D eigenvalue weighted by atomic mass is 19.4. The highest BCUT2D eigenvalue weighted by Gasteiger charge is 2.52. The number of rotatable bonds is 12. The summed E-state index contributed by atoms with van der Waals surface area (Å²) in [6, 6.07) is -2.03. The fourth-order valence-corrected chi connectivity index (χ4v) is 14.8. The molecule has 1 unspecified atom stereocenters. The average Bonchev–Trinajstić information content (AvgIpc) is 1.39. The predicted octanol–water partition coefficient (Wildman–Crippen LogP) is 5.49. The molecule has 2 aromatic rings. The lowest BCUT2D eigenvalue weighted by atomic mass is 9.90. The Labute approximate surface area is 597 Å². The maximum atomic E-state index is 15.6. The molecule has 0 radical (unpaired) electrons. The second-order valence-electron chi connectivity index (χ2n) is 29.6. The number of alkyl halides is 3. The van der Waals surface area contributed by atoms with Crippen molar-refractivity contribution in [3.63, 3.8) is 0 Å². The topological polar surface area (TPSA) is 270 Å². The van der Waals surface area contributed by atoms with Crippen LogP contribution in [0.15, 0.2) is 42.5 Å². The number of likely N-dealkylation sites (N-methyl/N-ethyl adjacent to an activating group) is 6. The molecule has 5 aliphatic rings. The first-order valence-corrected chi connectivity index (χ1v) is 36.3. The summed E-state index contributed by atoms with van der Waals surface area (Å²) in [4.78, 5) is 192. The molecule has 24 nitrogen and oxygen atoms in total. The Morgan fingerprint density at radius 1 is 0.618 bits per heavy atom. The van der Waals surface area contributed by atoms with E-state index in [4.69, 9.17) is 0 Å². The van der Waals surface area contributed by atoms with Crippen molar-refractivity contribution < 1.29 is 75.1 Å². The number of halogens is 4. The van der Waals surface area contributed by atoms with Crippen molar-refractivity contribution in [2.45, 2.75) is 231 Å². The van der Waals surface area contributed by atoms with Crippen LogP contribution in [0.1, 0.15) is 167 Å². The van der Waals surface area contributed by atoms with E-state index in [1.54, 1.807) is 30.9 Å². The number of fused-ring (bicyclic) bond motifs is 2. The SMILES string of the molecule is CCC(C)[C@@H]1NC(=O)[C@H](CC(C)C)N(C)C(=O)C[C@@H](C(=O)N2CCCCC2)N(C)C(=O)[C@H]([C@@H](C)CC)N(C)C(=O)C2(CCCC2)NC(=O)[C@@H]2CCCN2C(=O)[C@H](CCc2ccc(C(F)(F)F)c(F)c2)NC(=O)CN(C)C(=O)[C@H](Cc2ccc(C)cc2)N(C)C(=O)[C@@H]2CCN2C(=O)[C@H](C)N(C)C1=O. The molecule has 28 heteroatoms. The normalized spacial score (nSPS) is 26.6. The van der Waals surface area contributed by atoms with Gasteiger partial charge in [0.1, 0.15) is 65.7 Å². The van der Waals surface area contributed by atoms with Gasteiger partial charge in [0, 0.05) is 74.9 Å². The van der Waals surface area contributed by atoms with Gasteiger partial charge in [0.2, 0.25) is 70.9 Å². The molecule has 5 fully saturated rings. The van der Waals surface area contributed by atoms with Crippen molar-refractivity contribution in [1.29, 1.82) is 0 Å². The summed E-state index contributed by atoms with van der Waals surface area (Å²) in [6.07, 6.45) is -1.43. The van der Waals surface area contributed by atoms with Crippen LogP contribution in [-0.4, -0.2) is 250 Å². The van der Waals surface area contributed by atoms with Gasteiger partial charge in [0.25, 0.3) is 0 Å². The highest BCUT2D eigenvalue weighted by molar-refractivity contribution is 6.01. The average molecular weight is 1430 g/mol. The van der Waals surface area contributed by atoms with Gasteiger partial charge < -0.3 is 60.0 Å². The van der Waals surface area contributed by atoms with Gasteiger partial charge in [-0.15, -0.1) is 0 Å². The minimum atomic E-state index is -5.01. The van der Waals surface area contributed by atoms with Crippen LogP contribution < -0.4 is 16.0 Å². The lowest BCUT2D eigenvalue weighted by Crippen LogP contribution is -2.65. The first-order chi connectivity index (χ1) is 48.0. The highest BCUT2D eigenvalue weighted by Crippen LogP contribution is 2.36. The lowest BCUT2D eigenvalue weighted by molar-refractivity contribution is -0.160. The molecule has 564 valence electrons. The summed E-state index contributed by atoms with van der Waals surface area (Å²) < 4.78 is 56.3. The molecule has 7 rings (SSSR count). The number of nitrogens with one attached hydrogen (secondary N) is 3. The molecule has 4 aliphatic heterocycles. The Hall–Kier alpha value is -8.20. The first kappa shape index (κ1) is 81.1. The van der Waals surface area contributed by atoms with E-state index in [1.807, 2.05) is 46.8 Å². The van der Waals surface area contributed by atoms with Gasteiger partial charge in [-0.3, -0.25) is 57.5 Å². The van der Waals surface area contributed by atoms with E-state index in [2.05, 4.69) is 16.0 Å². The lowest BCUT2D eigenvalue weighted by Gasteiger charge is -2.45. The largest absolute Gasteiger partial charge is 0.419 e. The van der Waals surface area contributed by atoms with E-state index in [0.29, 0.717) is 69.3 Å². The number of hydrogen-bond donors (Lipinski definition) is 3. The van der Waals surface area contributed by atoms with Crippen LogP contribution in [-0.2, 0) is 76.6 Å². The van der Waals surface area contributed by atoms with Gasteiger partial charge in [-0.1, -0.05) is 103 Å². The summed E-state index contributed by atoms with van der Waals surface area (Å²) in [5.41, 5.74) is -1.55. The van der Waals surface area contributed by atoms with Crippen LogP contribution in [0.3, 0.4) is 0 Å². The maximum Gasteiger partial charge on any atom is 0.419 e. The minimum absolute atomic E-state index is 0.0208. The molecule has 2 aromatic carbocycles. The van der Waals surface area contributed by atoms with E-state index in [-0.39, 0.29) is 82.4 Å². The van der Waals surface area contributed by atoms with Gasteiger partial charge in [-0.05, 0) is 125 Å². The molecule has 1 saturated carbocycles. The predicted molar refractivity (Wildman–Crippen MR) is 372 cm³/mol. The molecule has 11 atom stereocenters. The van der Waals surface area contributed by atoms with Gasteiger partial charge in [-0.2, -0.15) is 13.2 Å². The maximum absolute atomic E-state index is 15.6. The van der Waals surface area contributed by atoms with Crippen LogP contribution in [0.25, 0.3) is 0 Å². The van der Waals surface area contributed by atoms with Gasteiger partial charge >= 0.3 is 6.18 Å². The van der Waals surface area contributed by atoms with Crippen molar-refractivity contribution in [1.82, 2.24) is 60.0 Å². The molecule has 102 heavy (non-hydrogen) atoms. The number of nitrogens with zero attached hydrogens (tertiary/aromatic N) is 9. The molecule has 1 spiro atoms. The zero-order chi connectivity index (χ0) is 75.6. The number of amides is 12. The molecule has 0 aromatic heterocycles. The summed E-state index contributed by atoms with van der Waals surface area (Å²) in [5, 5.41) is 8.63. The Morgan fingerprint density at radius 3 is 1.81 bits per heavy atom. The summed E-state index contributed by atoms with van der Waals surface area (Å²) >= 11 is 0. The summed E-state index contributed by atoms with van der Waals surface area (Å²) in [6.45, 7) is 14.3. The number of hydrogen-bond acceptors (Lipinski definition) is 12. The summed E-state index contributed by atoms with van der Waals surface area (Å²) in [5.74, 6) is -11.0. The van der Waals surface area contributed by atoms with E-state index in [9.17, 15) is 41.9 Å². The van der Waals surface area contributed by atoms with E-state index < -0.39 is 173 Å². The third-order valence-corrected chi connectivity index (χ3v) is 22.0. The quantitative estimate of drug-likeness (QED) is 0.223. The number of benzene rings is 2. The molecule has 12 amide bonds. The number of piperidine rings is 1. The molecule has 1 aliphatic carbocycles. The van der Waals surface area contributed by atoms with Crippen LogP contribution in [0.2, 0.25) is 0 Å². The van der Waals surface area contributed by atoms with Gasteiger partial charge in [0.05, 0.1) is 18.5 Å². The molecule has 0 bridgehead atoms. The van der Waals surface area contributed by atoms with Crippen molar-refractivity contribution in [2.24, 2.45) is 17.8 Å². The van der Waals surface area contributed by atoms with E-state index in [0.717, 1.165) is 23.0 Å². The molecule has 3 N–H and O–H groups in total. The zero-order valence-corrected chi connectivity index (χ0v) is 62.0. The monoisotopic (exact) mass is 1430 g/mol. The third-order valence-electron chi connectivity index (χ3n) is 22.0.